The summed E-state index contributed by atoms with van der Waals surface area (Å²) in [4.78, 5) is 50.9. The summed E-state index contributed by atoms with van der Waals surface area (Å²) >= 11 is 0. The Kier molecular flexibility index (Phi) is 5.73. The van der Waals surface area contributed by atoms with Crippen LogP contribution in [0.2, 0.25) is 0 Å². The van der Waals surface area contributed by atoms with Gasteiger partial charge in [-0.2, -0.15) is 0 Å². The Morgan fingerprint density at radius 1 is 1.29 bits per heavy atom. The number of esters is 1. The summed E-state index contributed by atoms with van der Waals surface area (Å²) < 4.78 is 5.06. The molecule has 0 aromatic heterocycles. The van der Waals surface area contributed by atoms with Crippen molar-refractivity contribution in [3.05, 3.63) is 33.9 Å². The smallest absolute Gasteiger partial charge is 0.309 e. The first-order chi connectivity index (χ1) is 13.3. The molecule has 0 radical (unpaired) electrons. The highest BCUT2D eigenvalue weighted by Gasteiger charge is 2.44. The van der Waals surface area contributed by atoms with E-state index in [2.05, 4.69) is 0 Å². The number of ether oxygens (including phenoxy) is 1. The standard InChI is InChI=1S/C19H23N3O6/c1-3-28-19(25)13-6-8-20(9-7-13)16-11-17(23)21(18(16)24)15-10-14(22(26)27)5-4-12(15)2/h4-5,10,13,16H,3,6-9,11H2,1-2H3/t16-/m1/s1. The van der Waals surface area contributed by atoms with Crippen LogP contribution in [0.3, 0.4) is 0 Å². The summed E-state index contributed by atoms with van der Waals surface area (Å²) in [6.45, 7) is 4.86. The summed E-state index contributed by atoms with van der Waals surface area (Å²) in [5, 5.41) is 11.1. The van der Waals surface area contributed by atoms with Gasteiger partial charge in [-0.25, -0.2) is 4.90 Å². The molecule has 2 heterocycles. The van der Waals surface area contributed by atoms with Crippen molar-refractivity contribution in [3.63, 3.8) is 0 Å². The highest BCUT2D eigenvalue weighted by atomic mass is 16.6. The van der Waals surface area contributed by atoms with E-state index in [4.69, 9.17) is 4.74 Å². The van der Waals surface area contributed by atoms with Gasteiger partial charge in [0.2, 0.25) is 5.91 Å². The normalized spacial score (nSPS) is 21.2. The zero-order valence-corrected chi connectivity index (χ0v) is 15.9. The number of hydrogen-bond donors (Lipinski definition) is 0. The lowest BCUT2D eigenvalue weighted by Gasteiger charge is -2.33. The molecule has 150 valence electrons. The van der Waals surface area contributed by atoms with Crippen LogP contribution in [0.5, 0.6) is 0 Å². The van der Waals surface area contributed by atoms with Gasteiger partial charge in [0.05, 0.1) is 35.6 Å². The predicted octanol–water partition coefficient (Wildman–Crippen LogP) is 1.81. The van der Waals surface area contributed by atoms with Gasteiger partial charge in [0.1, 0.15) is 0 Å². The number of benzene rings is 1. The second-order valence-corrected chi connectivity index (χ2v) is 7.08. The molecule has 0 unspecified atom stereocenters. The number of anilines is 1. The van der Waals surface area contributed by atoms with Gasteiger partial charge in [-0.15, -0.1) is 0 Å². The number of amides is 2. The van der Waals surface area contributed by atoms with Gasteiger partial charge >= 0.3 is 5.97 Å². The topological polar surface area (TPSA) is 110 Å². The first-order valence-corrected chi connectivity index (χ1v) is 9.36. The Bertz CT molecular complexity index is 816. The fourth-order valence-corrected chi connectivity index (χ4v) is 3.81. The zero-order valence-electron chi connectivity index (χ0n) is 15.9. The molecule has 2 aliphatic rings. The van der Waals surface area contributed by atoms with E-state index in [0.29, 0.717) is 38.1 Å². The molecular formula is C19H23N3O6. The van der Waals surface area contributed by atoms with Crippen molar-refractivity contribution in [3.8, 4) is 0 Å². The van der Waals surface area contributed by atoms with Crippen LogP contribution in [-0.2, 0) is 19.1 Å². The third kappa shape index (κ3) is 3.75. The van der Waals surface area contributed by atoms with Crippen LogP contribution >= 0.6 is 0 Å². The lowest BCUT2D eigenvalue weighted by molar-refractivity contribution is -0.384. The molecule has 2 fully saturated rings. The second-order valence-electron chi connectivity index (χ2n) is 7.08. The van der Waals surface area contributed by atoms with Gasteiger partial charge < -0.3 is 4.74 Å². The number of carbonyl (C=O) groups excluding carboxylic acids is 3. The molecule has 2 amide bonds. The van der Waals surface area contributed by atoms with Crippen LogP contribution in [0.1, 0.15) is 31.7 Å². The van der Waals surface area contributed by atoms with Crippen molar-refractivity contribution in [1.82, 2.24) is 4.90 Å². The van der Waals surface area contributed by atoms with Crippen LogP contribution in [0.25, 0.3) is 0 Å². The first-order valence-electron chi connectivity index (χ1n) is 9.36. The van der Waals surface area contributed by atoms with E-state index >= 15 is 0 Å². The van der Waals surface area contributed by atoms with Gasteiger partial charge in [0.25, 0.3) is 11.6 Å². The molecule has 1 aromatic rings. The van der Waals surface area contributed by atoms with Crippen LogP contribution in [0.4, 0.5) is 11.4 Å². The summed E-state index contributed by atoms with van der Waals surface area (Å²) in [5.41, 5.74) is 0.710. The molecule has 9 heteroatoms. The maximum atomic E-state index is 13.0. The van der Waals surface area contributed by atoms with Gasteiger partial charge in [-0.05, 0) is 45.3 Å². The third-order valence-corrected chi connectivity index (χ3v) is 5.36. The van der Waals surface area contributed by atoms with Gasteiger partial charge in [0, 0.05) is 12.1 Å². The van der Waals surface area contributed by atoms with Crippen molar-refractivity contribution < 1.29 is 24.0 Å². The molecule has 1 atom stereocenters. The quantitative estimate of drug-likeness (QED) is 0.327. The predicted molar refractivity (Wildman–Crippen MR) is 99.7 cm³/mol. The Morgan fingerprint density at radius 3 is 2.57 bits per heavy atom. The summed E-state index contributed by atoms with van der Waals surface area (Å²) in [7, 11) is 0. The zero-order chi connectivity index (χ0) is 20.4. The van der Waals surface area contributed by atoms with Crippen LogP contribution in [0.15, 0.2) is 18.2 Å². The van der Waals surface area contributed by atoms with Crippen LogP contribution in [-0.4, -0.2) is 53.3 Å². The minimum atomic E-state index is -0.602. The Morgan fingerprint density at radius 2 is 1.96 bits per heavy atom. The number of piperidine rings is 1. The molecule has 0 N–H and O–H groups in total. The number of nitrogens with zero attached hydrogens (tertiary/aromatic N) is 3. The molecule has 0 aliphatic carbocycles. The van der Waals surface area contributed by atoms with E-state index in [1.807, 2.05) is 4.90 Å². The molecule has 28 heavy (non-hydrogen) atoms. The average Bonchev–Trinajstić information content (AvgIpc) is 2.96. The Balaban J connectivity index is 1.74. The highest BCUT2D eigenvalue weighted by Crippen LogP contribution is 2.32. The number of nitro benzene ring substituents is 1. The van der Waals surface area contributed by atoms with Gasteiger partial charge in [-0.1, -0.05) is 6.07 Å². The number of likely N-dealkylation sites (tertiary alicyclic amines) is 1. The molecule has 3 rings (SSSR count). The van der Waals surface area contributed by atoms with Crippen molar-refractivity contribution >= 4 is 29.2 Å². The lowest BCUT2D eigenvalue weighted by atomic mass is 9.95. The average molecular weight is 389 g/mol. The molecule has 0 spiro atoms. The van der Waals surface area contributed by atoms with E-state index in [1.165, 1.54) is 18.2 Å². The molecule has 2 saturated heterocycles. The number of hydrogen-bond acceptors (Lipinski definition) is 7. The molecule has 0 bridgehead atoms. The number of rotatable bonds is 5. The summed E-state index contributed by atoms with van der Waals surface area (Å²) in [6.07, 6.45) is 1.18. The largest absolute Gasteiger partial charge is 0.466 e. The number of non-ortho nitro benzene ring substituents is 1. The van der Waals surface area contributed by atoms with Crippen LogP contribution in [0, 0.1) is 23.0 Å². The first kappa shape index (κ1) is 19.9. The van der Waals surface area contributed by atoms with Crippen LogP contribution < -0.4 is 4.90 Å². The number of imide groups is 1. The number of nitro groups is 1. The van der Waals surface area contributed by atoms with E-state index in [9.17, 15) is 24.5 Å². The Labute approximate surface area is 162 Å². The molecule has 2 aliphatic heterocycles. The van der Waals surface area contributed by atoms with Crippen molar-refractivity contribution in [1.29, 1.82) is 0 Å². The van der Waals surface area contributed by atoms with Gasteiger partial charge in [-0.3, -0.25) is 29.4 Å². The molecule has 1 aromatic carbocycles. The SMILES string of the molecule is CCOC(=O)C1CCN([C@@H]2CC(=O)N(c3cc([N+](=O)[O-])ccc3C)C2=O)CC1. The third-order valence-electron chi connectivity index (χ3n) is 5.36. The van der Waals surface area contributed by atoms with E-state index in [0.717, 1.165) is 4.90 Å². The van der Waals surface area contributed by atoms with Crippen molar-refractivity contribution in [2.24, 2.45) is 5.92 Å². The fraction of sp³-hybridized carbons (Fsp3) is 0.526. The lowest BCUT2D eigenvalue weighted by Crippen LogP contribution is -2.47. The highest BCUT2D eigenvalue weighted by molar-refractivity contribution is 6.22. The second kappa shape index (κ2) is 8.05. The molecular weight excluding hydrogens is 366 g/mol. The van der Waals surface area contributed by atoms with Gasteiger partial charge in [0.15, 0.2) is 0 Å². The maximum Gasteiger partial charge on any atom is 0.309 e. The minimum absolute atomic E-state index is 0.0328. The maximum absolute atomic E-state index is 13.0. The van der Waals surface area contributed by atoms with E-state index in [1.54, 1.807) is 13.8 Å². The number of aryl methyl sites for hydroxylation is 1. The summed E-state index contributed by atoms with van der Waals surface area (Å²) in [6, 6.07) is 3.54. The molecule has 0 saturated carbocycles. The Hall–Kier alpha value is -2.81. The monoisotopic (exact) mass is 389 g/mol. The number of carbonyl (C=O) groups is 3. The fourth-order valence-electron chi connectivity index (χ4n) is 3.81. The van der Waals surface area contributed by atoms with Crippen molar-refractivity contribution in [2.45, 2.75) is 39.2 Å². The van der Waals surface area contributed by atoms with E-state index < -0.39 is 11.0 Å². The summed E-state index contributed by atoms with van der Waals surface area (Å²) in [5.74, 6) is -1.14. The van der Waals surface area contributed by atoms with E-state index in [-0.39, 0.29) is 41.5 Å². The molecule has 9 nitrogen and oxygen atoms in total. The van der Waals surface area contributed by atoms with Crippen molar-refractivity contribution in [2.75, 3.05) is 24.6 Å². The minimum Gasteiger partial charge on any atom is -0.466 e.